The number of hydrogen-bond acceptors (Lipinski definition) is 6. The van der Waals surface area contributed by atoms with E-state index in [0.717, 1.165) is 4.90 Å². The smallest absolute Gasteiger partial charge is 0.310 e. The molecule has 9 heteroatoms. The molecule has 1 saturated heterocycles. The molecule has 0 N–H and O–H groups in total. The second-order valence-electron chi connectivity index (χ2n) is 7.97. The predicted molar refractivity (Wildman–Crippen MR) is 125 cm³/mol. The zero-order chi connectivity index (χ0) is 24.4. The zero-order valence-electron chi connectivity index (χ0n) is 18.8. The maximum absolute atomic E-state index is 13.3. The average molecular weight is 483 g/mol. The third-order valence-electron chi connectivity index (χ3n) is 5.89. The van der Waals surface area contributed by atoms with Crippen molar-refractivity contribution < 1.29 is 28.7 Å². The molecule has 34 heavy (non-hydrogen) atoms. The van der Waals surface area contributed by atoms with Crippen LogP contribution in [0, 0.1) is 6.92 Å². The fourth-order valence-corrected chi connectivity index (χ4v) is 4.25. The van der Waals surface area contributed by atoms with Crippen LogP contribution in [-0.2, 0) is 25.5 Å². The highest BCUT2D eigenvalue weighted by Crippen LogP contribution is 2.31. The van der Waals surface area contributed by atoms with Crippen LogP contribution in [0.5, 0.6) is 5.75 Å². The Morgan fingerprint density at radius 1 is 1.09 bits per heavy atom. The van der Waals surface area contributed by atoms with E-state index in [1.807, 2.05) is 0 Å². The van der Waals surface area contributed by atoms with Gasteiger partial charge in [-0.2, -0.15) is 0 Å². The average Bonchev–Trinajstić information content (AvgIpc) is 3.38. The molecule has 0 atom stereocenters. The molecule has 1 fully saturated rings. The Morgan fingerprint density at radius 2 is 1.82 bits per heavy atom. The second-order valence-corrected chi connectivity index (χ2v) is 8.41. The summed E-state index contributed by atoms with van der Waals surface area (Å²) in [6.07, 6.45) is 0.778. The Hall–Kier alpha value is -3.65. The summed E-state index contributed by atoms with van der Waals surface area (Å²) in [7, 11) is 1.53. The lowest BCUT2D eigenvalue weighted by atomic mass is 10.1. The van der Waals surface area contributed by atoms with Crippen LogP contribution in [0.15, 0.2) is 42.5 Å². The summed E-state index contributed by atoms with van der Waals surface area (Å²) in [4.78, 5) is 51.0. The molecule has 0 bridgehead atoms. The van der Waals surface area contributed by atoms with Crippen LogP contribution >= 0.6 is 11.6 Å². The number of nitrogens with zero attached hydrogens (tertiary/aromatic N) is 2. The lowest BCUT2D eigenvalue weighted by Gasteiger charge is -2.13. The van der Waals surface area contributed by atoms with Crippen LogP contribution in [0.1, 0.15) is 34.5 Å². The molecule has 2 heterocycles. The number of benzene rings is 2. The summed E-state index contributed by atoms with van der Waals surface area (Å²) < 4.78 is 12.0. The fourth-order valence-electron chi connectivity index (χ4n) is 4.12. The molecule has 2 aromatic carbocycles. The van der Waals surface area contributed by atoms with E-state index in [0.29, 0.717) is 57.9 Å². The number of amides is 2. The van der Waals surface area contributed by atoms with E-state index in [1.54, 1.807) is 49.4 Å². The highest BCUT2D eigenvalue weighted by atomic mass is 35.5. The van der Waals surface area contributed by atoms with E-state index < -0.39 is 18.5 Å². The third-order valence-corrected chi connectivity index (χ3v) is 6.14. The Labute approximate surface area is 201 Å². The predicted octanol–water partition coefficient (Wildman–Crippen LogP) is 3.53. The van der Waals surface area contributed by atoms with Crippen molar-refractivity contribution in [2.75, 3.05) is 20.3 Å². The SMILES string of the molecule is COc1ccc2c(c1)c(CC(=O)OCC(=O)N1CCCC1=O)c(C)n2C(=O)c1ccc(Cl)cc1. The number of likely N-dealkylation sites (tertiary alicyclic amines) is 1. The first-order valence-corrected chi connectivity index (χ1v) is 11.1. The van der Waals surface area contributed by atoms with Crippen molar-refractivity contribution in [2.45, 2.75) is 26.2 Å². The number of imide groups is 1. The fraction of sp³-hybridized carbons (Fsp3) is 0.280. The number of fused-ring (bicyclic) bond motifs is 1. The van der Waals surface area contributed by atoms with Crippen molar-refractivity contribution in [3.63, 3.8) is 0 Å². The molecule has 1 aliphatic heterocycles. The topological polar surface area (TPSA) is 94.9 Å². The molecule has 0 unspecified atom stereocenters. The summed E-state index contributed by atoms with van der Waals surface area (Å²) in [5, 5.41) is 1.18. The molecule has 0 aliphatic carbocycles. The maximum Gasteiger partial charge on any atom is 0.310 e. The Kier molecular flexibility index (Phi) is 6.70. The summed E-state index contributed by atoms with van der Waals surface area (Å²) >= 11 is 5.96. The Morgan fingerprint density at radius 3 is 2.47 bits per heavy atom. The molecular formula is C25H23ClN2O6. The number of rotatable bonds is 6. The number of hydrogen-bond donors (Lipinski definition) is 0. The number of carbonyl (C=O) groups excluding carboxylic acids is 4. The van der Waals surface area contributed by atoms with Crippen LogP contribution in [0.4, 0.5) is 0 Å². The van der Waals surface area contributed by atoms with Gasteiger partial charge in [0, 0.05) is 34.6 Å². The number of aromatic nitrogens is 1. The first-order chi connectivity index (χ1) is 16.3. The van der Waals surface area contributed by atoms with Gasteiger partial charge in [-0.1, -0.05) is 11.6 Å². The molecule has 0 radical (unpaired) electrons. The van der Waals surface area contributed by atoms with Gasteiger partial charge in [-0.05, 0) is 61.4 Å². The van der Waals surface area contributed by atoms with E-state index in [-0.39, 0.29) is 18.2 Å². The van der Waals surface area contributed by atoms with Crippen molar-refractivity contribution >= 4 is 46.2 Å². The summed E-state index contributed by atoms with van der Waals surface area (Å²) in [6.45, 7) is 1.58. The van der Waals surface area contributed by atoms with E-state index in [2.05, 4.69) is 0 Å². The van der Waals surface area contributed by atoms with Gasteiger partial charge in [0.1, 0.15) is 5.75 Å². The minimum Gasteiger partial charge on any atom is -0.497 e. The lowest BCUT2D eigenvalue weighted by Crippen LogP contribution is -2.35. The van der Waals surface area contributed by atoms with Gasteiger partial charge in [-0.3, -0.25) is 28.6 Å². The molecule has 1 aromatic heterocycles. The van der Waals surface area contributed by atoms with Gasteiger partial charge in [-0.15, -0.1) is 0 Å². The highest BCUT2D eigenvalue weighted by molar-refractivity contribution is 6.30. The van der Waals surface area contributed by atoms with Crippen LogP contribution < -0.4 is 4.74 Å². The Balaban J connectivity index is 1.62. The molecule has 1 aliphatic rings. The Bertz CT molecular complexity index is 1290. The maximum atomic E-state index is 13.3. The molecular weight excluding hydrogens is 460 g/mol. The van der Waals surface area contributed by atoms with Crippen LogP contribution in [0.25, 0.3) is 10.9 Å². The van der Waals surface area contributed by atoms with E-state index >= 15 is 0 Å². The standard InChI is InChI=1S/C25H23ClN2O6/c1-15-19(13-24(31)34-14-23(30)27-11-3-4-22(27)29)20-12-18(33-2)9-10-21(20)28(15)25(32)16-5-7-17(26)8-6-16/h5-10,12H,3-4,11,13-14H2,1-2H3. The van der Waals surface area contributed by atoms with Gasteiger partial charge in [0.25, 0.3) is 11.8 Å². The van der Waals surface area contributed by atoms with E-state index in [9.17, 15) is 19.2 Å². The molecule has 8 nitrogen and oxygen atoms in total. The highest BCUT2D eigenvalue weighted by Gasteiger charge is 2.28. The van der Waals surface area contributed by atoms with Crippen LogP contribution in [-0.4, -0.2) is 53.4 Å². The van der Waals surface area contributed by atoms with Gasteiger partial charge in [0.05, 0.1) is 19.0 Å². The van der Waals surface area contributed by atoms with Crippen molar-refractivity contribution in [2.24, 2.45) is 0 Å². The van der Waals surface area contributed by atoms with Crippen molar-refractivity contribution in [1.82, 2.24) is 9.47 Å². The molecule has 3 aromatic rings. The molecule has 2 amide bonds. The summed E-state index contributed by atoms with van der Waals surface area (Å²) in [5.74, 6) is -1.13. The lowest BCUT2D eigenvalue weighted by molar-refractivity contribution is -0.154. The minimum atomic E-state index is -0.635. The van der Waals surface area contributed by atoms with Crippen LogP contribution in [0.2, 0.25) is 5.02 Å². The van der Waals surface area contributed by atoms with Crippen molar-refractivity contribution in [3.8, 4) is 5.75 Å². The first-order valence-electron chi connectivity index (χ1n) is 10.8. The van der Waals surface area contributed by atoms with Gasteiger partial charge in [0.15, 0.2) is 6.61 Å². The largest absolute Gasteiger partial charge is 0.497 e. The molecule has 0 spiro atoms. The monoisotopic (exact) mass is 482 g/mol. The normalized spacial score (nSPS) is 13.4. The number of esters is 1. The molecule has 4 rings (SSSR count). The van der Waals surface area contributed by atoms with E-state index in [4.69, 9.17) is 21.1 Å². The number of ether oxygens (including phenoxy) is 2. The van der Waals surface area contributed by atoms with E-state index in [1.165, 1.54) is 11.7 Å². The molecule has 0 saturated carbocycles. The summed E-state index contributed by atoms with van der Waals surface area (Å²) in [5.41, 5.74) is 2.21. The summed E-state index contributed by atoms with van der Waals surface area (Å²) in [6, 6.07) is 11.8. The number of halogens is 1. The van der Waals surface area contributed by atoms with Crippen LogP contribution in [0.3, 0.4) is 0 Å². The van der Waals surface area contributed by atoms with Gasteiger partial charge >= 0.3 is 5.97 Å². The second kappa shape index (κ2) is 9.69. The van der Waals surface area contributed by atoms with Gasteiger partial charge in [-0.25, -0.2) is 0 Å². The van der Waals surface area contributed by atoms with Crippen molar-refractivity contribution in [1.29, 1.82) is 0 Å². The number of carbonyl (C=O) groups is 4. The quantitative estimate of drug-likeness (QED) is 0.499. The third kappa shape index (κ3) is 4.54. The van der Waals surface area contributed by atoms with Crippen molar-refractivity contribution in [3.05, 3.63) is 64.3 Å². The van der Waals surface area contributed by atoms with Gasteiger partial charge < -0.3 is 9.47 Å². The molecule has 176 valence electrons. The number of methoxy groups -OCH3 is 1. The van der Waals surface area contributed by atoms with Gasteiger partial charge in [0.2, 0.25) is 5.91 Å². The minimum absolute atomic E-state index is 0.155. The zero-order valence-corrected chi connectivity index (χ0v) is 19.6. The first kappa shape index (κ1) is 23.5.